The molecule has 5 heteroatoms. The van der Waals surface area contributed by atoms with Gasteiger partial charge in [0.2, 0.25) is 0 Å². The minimum Gasteiger partial charge on any atom is -0.493 e. The van der Waals surface area contributed by atoms with E-state index in [0.717, 1.165) is 18.1 Å². The van der Waals surface area contributed by atoms with Gasteiger partial charge in [0.25, 0.3) is 0 Å². The van der Waals surface area contributed by atoms with E-state index in [1.165, 1.54) is 32.1 Å². The highest BCUT2D eigenvalue weighted by molar-refractivity contribution is 5.67. The molecule has 2 rings (SSSR count). The third-order valence-corrected chi connectivity index (χ3v) is 4.29. The minimum absolute atomic E-state index is 0.170. The first-order chi connectivity index (χ1) is 12.3. The topological polar surface area (TPSA) is 56.8 Å². The van der Waals surface area contributed by atoms with Crippen LogP contribution in [0, 0.1) is 5.92 Å². The summed E-state index contributed by atoms with van der Waals surface area (Å²) in [6.07, 6.45) is 5.93. The van der Waals surface area contributed by atoms with Crippen molar-refractivity contribution in [3.63, 3.8) is 0 Å². The lowest BCUT2D eigenvalue weighted by molar-refractivity contribution is 0.0505. The number of rotatable bonds is 7. The summed E-state index contributed by atoms with van der Waals surface area (Å²) in [6, 6.07) is 7.70. The van der Waals surface area contributed by atoms with E-state index in [0.29, 0.717) is 12.5 Å². The molecule has 0 spiro atoms. The zero-order valence-electron chi connectivity index (χ0n) is 16.5. The lowest BCUT2D eigenvalue weighted by atomic mass is 9.90. The fraction of sp³-hybridized carbons (Fsp3) is 0.667. The third-order valence-electron chi connectivity index (χ3n) is 4.29. The Morgan fingerprint density at radius 1 is 1.19 bits per heavy atom. The standard InChI is InChI=1S/C21H33NO4/c1-16(14-22-20(23)26-21(2,3)4)25-19-12-8-11-18(13-19)24-15-17-9-6-5-7-10-17/h8,11-13,16-17H,5-7,9-10,14-15H2,1-4H3,(H,22,23)/t16-/m1/s1. The Bertz CT molecular complexity index is 561. The maximum atomic E-state index is 11.7. The first-order valence-corrected chi connectivity index (χ1v) is 9.68. The second-order valence-corrected chi connectivity index (χ2v) is 8.10. The molecule has 1 aliphatic carbocycles. The van der Waals surface area contributed by atoms with Crippen LogP contribution < -0.4 is 14.8 Å². The number of hydrogen-bond acceptors (Lipinski definition) is 4. The molecule has 1 aromatic carbocycles. The Morgan fingerprint density at radius 3 is 2.58 bits per heavy atom. The molecule has 1 aliphatic rings. The monoisotopic (exact) mass is 363 g/mol. The summed E-state index contributed by atoms with van der Waals surface area (Å²) in [5.74, 6) is 2.25. The van der Waals surface area contributed by atoms with Gasteiger partial charge in [0.15, 0.2) is 0 Å². The van der Waals surface area contributed by atoms with E-state index in [-0.39, 0.29) is 6.10 Å². The molecule has 0 aromatic heterocycles. The third kappa shape index (κ3) is 7.98. The Balaban J connectivity index is 1.75. The summed E-state index contributed by atoms with van der Waals surface area (Å²) in [7, 11) is 0. The number of nitrogens with one attached hydrogen (secondary N) is 1. The van der Waals surface area contributed by atoms with E-state index >= 15 is 0 Å². The highest BCUT2D eigenvalue weighted by Crippen LogP contribution is 2.26. The van der Waals surface area contributed by atoms with E-state index in [4.69, 9.17) is 14.2 Å². The molecule has 0 heterocycles. The molecule has 0 aliphatic heterocycles. The first kappa shape index (κ1) is 20.4. The van der Waals surface area contributed by atoms with Gasteiger partial charge >= 0.3 is 6.09 Å². The number of amides is 1. The van der Waals surface area contributed by atoms with Gasteiger partial charge in [0.05, 0.1) is 13.2 Å². The molecule has 1 aromatic rings. The van der Waals surface area contributed by atoms with Gasteiger partial charge in [-0.1, -0.05) is 25.3 Å². The molecule has 1 amide bonds. The van der Waals surface area contributed by atoms with Crippen LogP contribution in [0.4, 0.5) is 4.79 Å². The summed E-state index contributed by atoms with van der Waals surface area (Å²) in [4.78, 5) is 11.7. The molecule has 0 bridgehead atoms. The molecule has 1 atom stereocenters. The zero-order chi connectivity index (χ0) is 19.0. The first-order valence-electron chi connectivity index (χ1n) is 9.68. The van der Waals surface area contributed by atoms with Crippen molar-refractivity contribution in [2.45, 2.75) is 71.5 Å². The van der Waals surface area contributed by atoms with Crippen LogP contribution in [-0.2, 0) is 4.74 Å². The van der Waals surface area contributed by atoms with E-state index < -0.39 is 11.7 Å². The van der Waals surface area contributed by atoms with E-state index in [9.17, 15) is 4.79 Å². The average Bonchev–Trinajstić information content (AvgIpc) is 2.58. The second-order valence-electron chi connectivity index (χ2n) is 8.10. The molecular weight excluding hydrogens is 330 g/mol. The Hall–Kier alpha value is -1.91. The van der Waals surface area contributed by atoms with Crippen molar-refractivity contribution in [1.29, 1.82) is 0 Å². The number of carbonyl (C=O) groups excluding carboxylic acids is 1. The summed E-state index contributed by atoms with van der Waals surface area (Å²) in [5, 5.41) is 2.72. The van der Waals surface area contributed by atoms with Crippen LogP contribution in [0.2, 0.25) is 0 Å². The molecule has 146 valence electrons. The smallest absolute Gasteiger partial charge is 0.407 e. The predicted octanol–water partition coefficient (Wildman–Crippen LogP) is 4.94. The number of ether oxygens (including phenoxy) is 3. The van der Waals surface area contributed by atoms with Crippen LogP contribution in [0.15, 0.2) is 24.3 Å². The maximum Gasteiger partial charge on any atom is 0.407 e. The number of alkyl carbamates (subject to hydrolysis) is 1. The quantitative estimate of drug-likeness (QED) is 0.745. The van der Waals surface area contributed by atoms with Crippen LogP contribution in [0.3, 0.4) is 0 Å². The van der Waals surface area contributed by atoms with Crippen molar-refractivity contribution in [3.05, 3.63) is 24.3 Å². The highest BCUT2D eigenvalue weighted by Gasteiger charge is 2.17. The van der Waals surface area contributed by atoms with E-state index in [1.54, 1.807) is 0 Å². The molecule has 0 unspecified atom stereocenters. The van der Waals surface area contributed by atoms with Crippen LogP contribution >= 0.6 is 0 Å². The van der Waals surface area contributed by atoms with E-state index in [2.05, 4.69) is 5.32 Å². The van der Waals surface area contributed by atoms with Crippen molar-refractivity contribution >= 4 is 6.09 Å². The van der Waals surface area contributed by atoms with Crippen molar-refractivity contribution in [2.24, 2.45) is 5.92 Å². The Labute approximate surface area is 157 Å². The van der Waals surface area contributed by atoms with Crippen LogP contribution in [-0.4, -0.2) is 30.9 Å². The molecule has 26 heavy (non-hydrogen) atoms. The summed E-state index contributed by atoms with van der Waals surface area (Å²) in [5.41, 5.74) is -0.502. The van der Waals surface area contributed by atoms with Gasteiger partial charge < -0.3 is 19.5 Å². The van der Waals surface area contributed by atoms with Gasteiger partial charge in [-0.25, -0.2) is 4.79 Å². The molecule has 0 radical (unpaired) electrons. The predicted molar refractivity (Wildman–Crippen MR) is 103 cm³/mol. The number of hydrogen-bond donors (Lipinski definition) is 1. The van der Waals surface area contributed by atoms with Crippen molar-refractivity contribution in [2.75, 3.05) is 13.2 Å². The SMILES string of the molecule is C[C@H](CNC(=O)OC(C)(C)C)Oc1cccc(OCC2CCCCC2)c1. The largest absolute Gasteiger partial charge is 0.493 e. The Morgan fingerprint density at radius 2 is 1.88 bits per heavy atom. The number of benzene rings is 1. The minimum atomic E-state index is -0.502. The van der Waals surface area contributed by atoms with Crippen molar-refractivity contribution in [1.82, 2.24) is 5.32 Å². The van der Waals surface area contributed by atoms with Gasteiger partial charge in [0, 0.05) is 6.07 Å². The summed E-state index contributed by atoms with van der Waals surface area (Å²) < 4.78 is 17.0. The Kier molecular flexibility index (Phi) is 7.61. The molecule has 1 fully saturated rings. The van der Waals surface area contributed by atoms with E-state index in [1.807, 2.05) is 52.0 Å². The lowest BCUT2D eigenvalue weighted by Gasteiger charge is -2.22. The normalized spacial score (nSPS) is 16.6. The summed E-state index contributed by atoms with van der Waals surface area (Å²) in [6.45, 7) is 8.58. The van der Waals surface area contributed by atoms with Gasteiger partial charge in [-0.05, 0) is 58.6 Å². The zero-order valence-corrected chi connectivity index (χ0v) is 16.5. The second kappa shape index (κ2) is 9.70. The fourth-order valence-corrected chi connectivity index (χ4v) is 3.02. The molecule has 0 saturated heterocycles. The van der Waals surface area contributed by atoms with Crippen LogP contribution in [0.1, 0.15) is 59.8 Å². The summed E-state index contributed by atoms with van der Waals surface area (Å²) >= 11 is 0. The maximum absolute atomic E-state index is 11.7. The highest BCUT2D eigenvalue weighted by atomic mass is 16.6. The van der Waals surface area contributed by atoms with Crippen molar-refractivity contribution < 1.29 is 19.0 Å². The molecular formula is C21H33NO4. The van der Waals surface area contributed by atoms with Crippen molar-refractivity contribution in [3.8, 4) is 11.5 Å². The van der Waals surface area contributed by atoms with Gasteiger partial charge in [-0.3, -0.25) is 0 Å². The number of carbonyl (C=O) groups is 1. The average molecular weight is 363 g/mol. The molecule has 1 saturated carbocycles. The van der Waals surface area contributed by atoms with Gasteiger partial charge in [-0.15, -0.1) is 0 Å². The fourth-order valence-electron chi connectivity index (χ4n) is 3.02. The van der Waals surface area contributed by atoms with Crippen LogP contribution in [0.25, 0.3) is 0 Å². The van der Waals surface area contributed by atoms with Crippen LogP contribution in [0.5, 0.6) is 11.5 Å². The van der Waals surface area contributed by atoms with Gasteiger partial charge in [0.1, 0.15) is 23.2 Å². The molecule has 5 nitrogen and oxygen atoms in total. The molecule has 1 N–H and O–H groups in total. The van der Waals surface area contributed by atoms with Gasteiger partial charge in [-0.2, -0.15) is 0 Å². The lowest BCUT2D eigenvalue weighted by Crippen LogP contribution is -2.37.